The third-order valence-corrected chi connectivity index (χ3v) is 5.75. The minimum atomic E-state index is -1.25. The zero-order chi connectivity index (χ0) is 22.0. The highest BCUT2D eigenvalue weighted by Crippen LogP contribution is 2.33. The van der Waals surface area contributed by atoms with Crippen LogP contribution >= 0.6 is 0 Å². The summed E-state index contributed by atoms with van der Waals surface area (Å²) in [4.78, 5) is 40.6. The number of nitrogens with zero attached hydrogens (tertiary/aromatic N) is 1. The van der Waals surface area contributed by atoms with Crippen LogP contribution in [0.4, 0.5) is 4.79 Å². The normalized spacial score (nSPS) is 18.2. The topological polar surface area (TPSA) is 66.5 Å². The van der Waals surface area contributed by atoms with Crippen molar-refractivity contribution in [3.05, 3.63) is 107 Å². The zero-order valence-corrected chi connectivity index (χ0v) is 17.6. The monoisotopic (exact) mass is 412 g/mol. The molecule has 31 heavy (non-hydrogen) atoms. The van der Waals surface area contributed by atoms with Crippen molar-refractivity contribution in [2.24, 2.45) is 0 Å². The van der Waals surface area contributed by atoms with Gasteiger partial charge in [-0.05, 0) is 36.6 Å². The smallest absolute Gasteiger partial charge is 0.319 e. The third-order valence-electron chi connectivity index (χ3n) is 5.75. The van der Waals surface area contributed by atoms with Crippen LogP contribution in [0.1, 0.15) is 32.6 Å². The molecule has 0 aromatic heterocycles. The Bertz CT molecular complexity index is 1140. The lowest BCUT2D eigenvalue weighted by atomic mass is 9.83. The second-order valence-corrected chi connectivity index (χ2v) is 8.00. The molecule has 3 amide bonds. The summed E-state index contributed by atoms with van der Waals surface area (Å²) in [5.74, 6) is -0.667. The highest BCUT2D eigenvalue weighted by molar-refractivity contribution is 6.11. The Morgan fingerprint density at radius 2 is 1.55 bits per heavy atom. The number of aryl methyl sites for hydroxylation is 2. The van der Waals surface area contributed by atoms with Gasteiger partial charge in [-0.15, -0.1) is 0 Å². The molecule has 1 N–H and O–H groups in total. The predicted molar refractivity (Wildman–Crippen MR) is 119 cm³/mol. The Balaban J connectivity index is 1.69. The molecule has 1 fully saturated rings. The summed E-state index contributed by atoms with van der Waals surface area (Å²) in [6.45, 7) is 3.46. The van der Waals surface area contributed by atoms with Crippen LogP contribution in [0.25, 0.3) is 0 Å². The number of benzene rings is 3. The van der Waals surface area contributed by atoms with E-state index in [2.05, 4.69) is 5.32 Å². The van der Waals surface area contributed by atoms with Crippen molar-refractivity contribution in [2.75, 3.05) is 6.54 Å². The number of Topliss-reactive ketones (excluding diaryl/α,β-unsaturated/α-hetero) is 1. The van der Waals surface area contributed by atoms with Gasteiger partial charge in [0.1, 0.15) is 0 Å². The lowest BCUT2D eigenvalue weighted by Gasteiger charge is -2.27. The second kappa shape index (κ2) is 8.19. The van der Waals surface area contributed by atoms with Crippen molar-refractivity contribution in [3.63, 3.8) is 0 Å². The Hall–Kier alpha value is -3.73. The maximum atomic E-state index is 13.7. The van der Waals surface area contributed by atoms with Crippen molar-refractivity contribution in [2.45, 2.75) is 25.8 Å². The van der Waals surface area contributed by atoms with E-state index in [1.807, 2.05) is 86.6 Å². The van der Waals surface area contributed by atoms with E-state index in [4.69, 9.17) is 0 Å². The molecule has 156 valence electrons. The van der Waals surface area contributed by atoms with Crippen molar-refractivity contribution in [1.82, 2.24) is 10.2 Å². The van der Waals surface area contributed by atoms with E-state index in [0.717, 1.165) is 21.6 Å². The van der Waals surface area contributed by atoms with Crippen LogP contribution in [0.15, 0.2) is 78.9 Å². The Morgan fingerprint density at radius 3 is 2.23 bits per heavy atom. The largest absolute Gasteiger partial charge is 0.325 e. The summed E-state index contributed by atoms with van der Waals surface area (Å²) in [5.41, 5.74) is 2.67. The van der Waals surface area contributed by atoms with E-state index >= 15 is 0 Å². The number of urea groups is 1. The lowest BCUT2D eigenvalue weighted by molar-refractivity contribution is -0.131. The number of ketones is 1. The fourth-order valence-corrected chi connectivity index (χ4v) is 4.08. The highest BCUT2D eigenvalue weighted by Gasteiger charge is 2.52. The summed E-state index contributed by atoms with van der Waals surface area (Å²) < 4.78 is 0. The molecule has 5 nitrogen and oxygen atoms in total. The van der Waals surface area contributed by atoms with Gasteiger partial charge in [-0.2, -0.15) is 0 Å². The fourth-order valence-electron chi connectivity index (χ4n) is 4.08. The van der Waals surface area contributed by atoms with E-state index in [0.29, 0.717) is 17.5 Å². The minimum absolute atomic E-state index is 0.256. The van der Waals surface area contributed by atoms with Crippen LogP contribution in [0.3, 0.4) is 0 Å². The van der Waals surface area contributed by atoms with Gasteiger partial charge in [0.25, 0.3) is 5.91 Å². The number of carbonyl (C=O) groups is 3. The molecular weight excluding hydrogens is 388 g/mol. The second-order valence-electron chi connectivity index (χ2n) is 8.00. The first-order chi connectivity index (χ1) is 14.9. The quantitative estimate of drug-likeness (QED) is 0.488. The predicted octanol–water partition coefficient (Wildman–Crippen LogP) is 4.18. The summed E-state index contributed by atoms with van der Waals surface area (Å²) in [7, 11) is 0. The van der Waals surface area contributed by atoms with Gasteiger partial charge in [0.05, 0.1) is 6.54 Å². The van der Waals surface area contributed by atoms with Gasteiger partial charge in [0.2, 0.25) is 0 Å². The number of amides is 3. The first-order valence-electron chi connectivity index (χ1n) is 10.2. The molecule has 1 heterocycles. The molecule has 5 heteroatoms. The van der Waals surface area contributed by atoms with Crippen LogP contribution < -0.4 is 5.32 Å². The molecule has 0 saturated carbocycles. The Labute approximate surface area is 181 Å². The van der Waals surface area contributed by atoms with Crippen LogP contribution in [0.2, 0.25) is 0 Å². The molecule has 1 unspecified atom stereocenters. The van der Waals surface area contributed by atoms with Crippen LogP contribution in [-0.2, 0) is 16.8 Å². The molecule has 3 aromatic carbocycles. The molecule has 1 aliphatic rings. The fraction of sp³-hybridized carbons (Fsp3) is 0.192. The van der Waals surface area contributed by atoms with Crippen molar-refractivity contribution in [1.29, 1.82) is 0 Å². The molecule has 0 aliphatic carbocycles. The van der Waals surface area contributed by atoms with Gasteiger partial charge < -0.3 is 5.32 Å². The van der Waals surface area contributed by atoms with Gasteiger partial charge in [-0.25, -0.2) is 4.79 Å². The van der Waals surface area contributed by atoms with Crippen molar-refractivity contribution >= 4 is 17.7 Å². The maximum Gasteiger partial charge on any atom is 0.325 e. The SMILES string of the molecule is Cc1ccc(C)c(C(=O)CN2C(=O)NC(Cc3ccccc3)(c3ccccc3)C2=O)c1. The van der Waals surface area contributed by atoms with E-state index in [1.54, 1.807) is 6.07 Å². The zero-order valence-electron chi connectivity index (χ0n) is 17.6. The molecular formula is C26H24N2O3. The molecule has 0 radical (unpaired) electrons. The third kappa shape index (κ3) is 3.87. The first kappa shape index (κ1) is 20.5. The number of rotatable bonds is 6. The first-order valence-corrected chi connectivity index (χ1v) is 10.2. The number of carbonyl (C=O) groups excluding carboxylic acids is 3. The molecule has 3 aromatic rings. The Morgan fingerprint density at radius 1 is 0.903 bits per heavy atom. The van der Waals surface area contributed by atoms with Crippen LogP contribution in [0.5, 0.6) is 0 Å². The molecule has 1 atom stereocenters. The number of hydrogen-bond donors (Lipinski definition) is 1. The van der Waals surface area contributed by atoms with E-state index in [-0.39, 0.29) is 12.3 Å². The lowest BCUT2D eigenvalue weighted by Crippen LogP contribution is -2.46. The maximum absolute atomic E-state index is 13.7. The van der Waals surface area contributed by atoms with Crippen LogP contribution in [0, 0.1) is 13.8 Å². The van der Waals surface area contributed by atoms with Crippen molar-refractivity contribution < 1.29 is 14.4 Å². The Kier molecular flexibility index (Phi) is 5.42. The van der Waals surface area contributed by atoms with E-state index < -0.39 is 17.5 Å². The average Bonchev–Trinajstić information content (AvgIpc) is 3.01. The van der Waals surface area contributed by atoms with E-state index in [9.17, 15) is 14.4 Å². The standard InChI is InChI=1S/C26H24N2O3/c1-18-13-14-19(2)22(15-18)23(29)17-28-24(30)26(27-25(28)31,21-11-7-4-8-12-21)16-20-9-5-3-6-10-20/h3-15H,16-17H2,1-2H3,(H,27,31). The van der Waals surface area contributed by atoms with Gasteiger partial charge in [-0.1, -0.05) is 78.4 Å². The average molecular weight is 412 g/mol. The molecule has 1 aliphatic heterocycles. The number of hydrogen-bond acceptors (Lipinski definition) is 3. The summed E-state index contributed by atoms with van der Waals surface area (Å²) in [6, 6.07) is 23.8. The van der Waals surface area contributed by atoms with E-state index in [1.165, 1.54) is 0 Å². The number of imide groups is 1. The van der Waals surface area contributed by atoms with Gasteiger partial charge in [0, 0.05) is 12.0 Å². The summed E-state index contributed by atoms with van der Waals surface area (Å²) in [6.07, 6.45) is 0.302. The van der Waals surface area contributed by atoms with Gasteiger partial charge >= 0.3 is 6.03 Å². The molecule has 1 saturated heterocycles. The van der Waals surface area contributed by atoms with Gasteiger partial charge in [0.15, 0.2) is 11.3 Å². The highest BCUT2D eigenvalue weighted by atomic mass is 16.2. The number of nitrogens with one attached hydrogen (secondary N) is 1. The van der Waals surface area contributed by atoms with Gasteiger partial charge in [-0.3, -0.25) is 14.5 Å². The van der Waals surface area contributed by atoms with Crippen LogP contribution in [-0.4, -0.2) is 29.2 Å². The molecule has 0 spiro atoms. The summed E-state index contributed by atoms with van der Waals surface area (Å²) in [5, 5.41) is 2.90. The molecule has 0 bridgehead atoms. The minimum Gasteiger partial charge on any atom is -0.319 e. The summed E-state index contributed by atoms with van der Waals surface area (Å²) >= 11 is 0. The molecule has 4 rings (SSSR count). The van der Waals surface area contributed by atoms with Crippen molar-refractivity contribution in [3.8, 4) is 0 Å².